The van der Waals surface area contributed by atoms with Crippen molar-refractivity contribution in [3.8, 4) is 0 Å². The highest BCUT2D eigenvalue weighted by Crippen LogP contribution is 2.24. The third-order valence-corrected chi connectivity index (χ3v) is 4.85. The van der Waals surface area contributed by atoms with Crippen LogP contribution in [0, 0.1) is 17.7 Å². The molecule has 1 saturated heterocycles. The molecular weight excluding hydrogens is 263 g/mol. The normalized spacial score (nSPS) is 25.0. The van der Waals surface area contributed by atoms with Gasteiger partial charge in [-0.05, 0) is 62.0 Å². The number of halogens is 1. The predicted octanol–water partition coefficient (Wildman–Crippen LogP) is 3.84. The maximum atomic E-state index is 13.4. The molecule has 0 aromatic heterocycles. The van der Waals surface area contributed by atoms with Gasteiger partial charge in [-0.15, -0.1) is 0 Å². The number of rotatable bonds is 6. The largest absolute Gasteiger partial charge is 0.310 e. The van der Waals surface area contributed by atoms with Gasteiger partial charge in [0, 0.05) is 12.6 Å². The minimum atomic E-state index is -0.143. The first kappa shape index (κ1) is 16.4. The molecule has 0 amide bonds. The van der Waals surface area contributed by atoms with Gasteiger partial charge in [-0.1, -0.05) is 32.9 Å². The van der Waals surface area contributed by atoms with Crippen molar-refractivity contribution < 1.29 is 4.39 Å². The van der Waals surface area contributed by atoms with Crippen molar-refractivity contribution in [2.75, 3.05) is 26.2 Å². The van der Waals surface area contributed by atoms with E-state index in [1.54, 1.807) is 12.1 Å². The average Bonchev–Trinajstić information content (AvgIpc) is 2.47. The van der Waals surface area contributed by atoms with E-state index in [0.717, 1.165) is 36.9 Å². The van der Waals surface area contributed by atoms with E-state index in [-0.39, 0.29) is 11.9 Å². The molecule has 1 N–H and O–H groups in total. The Kier molecular flexibility index (Phi) is 6.19. The highest BCUT2D eigenvalue weighted by molar-refractivity contribution is 5.20. The zero-order chi connectivity index (χ0) is 15.2. The first-order chi connectivity index (χ1) is 10.1. The van der Waals surface area contributed by atoms with Gasteiger partial charge in [0.05, 0.1) is 0 Å². The fourth-order valence-electron chi connectivity index (χ4n) is 3.22. The Hall–Kier alpha value is -0.930. The molecule has 1 aromatic carbocycles. The fraction of sp³-hybridized carbons (Fsp3) is 0.667. The van der Waals surface area contributed by atoms with Crippen molar-refractivity contribution in [2.24, 2.45) is 11.8 Å². The first-order valence-electron chi connectivity index (χ1n) is 8.31. The van der Waals surface area contributed by atoms with Crippen LogP contribution < -0.4 is 5.32 Å². The molecule has 1 aromatic rings. The second-order valence-corrected chi connectivity index (χ2v) is 6.50. The smallest absolute Gasteiger partial charge is 0.123 e. The molecule has 0 bridgehead atoms. The lowest BCUT2D eigenvalue weighted by Gasteiger charge is -2.36. The molecule has 3 atom stereocenters. The van der Waals surface area contributed by atoms with Crippen LogP contribution in [-0.4, -0.2) is 31.1 Å². The van der Waals surface area contributed by atoms with Crippen LogP contribution in [0.1, 0.15) is 45.2 Å². The Bertz CT molecular complexity index is 435. The molecule has 0 saturated carbocycles. The summed E-state index contributed by atoms with van der Waals surface area (Å²) in [4.78, 5) is 2.56. The number of nitrogens with zero attached hydrogens (tertiary/aromatic N) is 1. The maximum Gasteiger partial charge on any atom is 0.123 e. The molecule has 1 aliphatic rings. The number of hydrogen-bond acceptors (Lipinski definition) is 2. The van der Waals surface area contributed by atoms with Crippen molar-refractivity contribution in [3.05, 3.63) is 35.6 Å². The third-order valence-electron chi connectivity index (χ3n) is 4.85. The van der Waals surface area contributed by atoms with Crippen LogP contribution in [0.5, 0.6) is 0 Å². The Morgan fingerprint density at radius 3 is 2.81 bits per heavy atom. The van der Waals surface area contributed by atoms with E-state index in [0.29, 0.717) is 0 Å². The topological polar surface area (TPSA) is 15.3 Å². The van der Waals surface area contributed by atoms with E-state index in [9.17, 15) is 4.39 Å². The second kappa shape index (κ2) is 7.90. The summed E-state index contributed by atoms with van der Waals surface area (Å²) in [6.45, 7) is 11.2. The van der Waals surface area contributed by atoms with Gasteiger partial charge in [0.25, 0.3) is 0 Å². The van der Waals surface area contributed by atoms with Gasteiger partial charge in [0.15, 0.2) is 0 Å². The molecule has 3 unspecified atom stereocenters. The Morgan fingerprint density at radius 1 is 1.33 bits per heavy atom. The zero-order valence-corrected chi connectivity index (χ0v) is 13.6. The van der Waals surface area contributed by atoms with E-state index in [4.69, 9.17) is 0 Å². The van der Waals surface area contributed by atoms with Crippen LogP contribution in [-0.2, 0) is 0 Å². The van der Waals surface area contributed by atoms with Gasteiger partial charge in [-0.25, -0.2) is 4.39 Å². The number of benzene rings is 1. The summed E-state index contributed by atoms with van der Waals surface area (Å²) in [7, 11) is 0. The summed E-state index contributed by atoms with van der Waals surface area (Å²) in [5.74, 6) is 1.48. The van der Waals surface area contributed by atoms with Crippen LogP contribution in [0.4, 0.5) is 4.39 Å². The summed E-state index contributed by atoms with van der Waals surface area (Å²) >= 11 is 0. The summed E-state index contributed by atoms with van der Waals surface area (Å²) in [5.41, 5.74) is 1.07. The van der Waals surface area contributed by atoms with E-state index in [1.807, 2.05) is 6.07 Å². The molecule has 1 fully saturated rings. The molecule has 118 valence electrons. The Balaban J connectivity index is 1.91. The Labute approximate surface area is 128 Å². The summed E-state index contributed by atoms with van der Waals surface area (Å²) in [6.07, 6.45) is 2.34. The van der Waals surface area contributed by atoms with Crippen molar-refractivity contribution >= 4 is 0 Å². The molecule has 2 nitrogen and oxygen atoms in total. The lowest BCUT2D eigenvalue weighted by molar-refractivity contribution is 0.133. The number of hydrogen-bond donors (Lipinski definition) is 1. The van der Waals surface area contributed by atoms with E-state index in [2.05, 4.69) is 31.0 Å². The molecule has 0 radical (unpaired) electrons. The lowest BCUT2D eigenvalue weighted by Crippen LogP contribution is -2.40. The summed E-state index contributed by atoms with van der Waals surface area (Å²) in [5, 5.41) is 3.49. The first-order valence-corrected chi connectivity index (χ1v) is 8.31. The van der Waals surface area contributed by atoms with E-state index < -0.39 is 0 Å². The van der Waals surface area contributed by atoms with Crippen LogP contribution in [0.25, 0.3) is 0 Å². The highest BCUT2D eigenvalue weighted by Gasteiger charge is 2.23. The van der Waals surface area contributed by atoms with Gasteiger partial charge in [0.2, 0.25) is 0 Å². The molecule has 2 rings (SSSR count). The van der Waals surface area contributed by atoms with Gasteiger partial charge in [-0.3, -0.25) is 0 Å². The molecular formula is C18H29FN2. The lowest BCUT2D eigenvalue weighted by atomic mass is 9.88. The minimum Gasteiger partial charge on any atom is -0.310 e. The van der Waals surface area contributed by atoms with Gasteiger partial charge in [0.1, 0.15) is 5.82 Å². The standard InChI is InChI=1S/C18H29FN2/c1-4-20-18(16-6-5-7-17(19)12-16)9-11-21-10-8-14(2)15(3)13-21/h5-7,12,14-15,18,20H,4,8-11,13H2,1-3H3. The van der Waals surface area contributed by atoms with Gasteiger partial charge >= 0.3 is 0 Å². The van der Waals surface area contributed by atoms with Crippen LogP contribution >= 0.6 is 0 Å². The highest BCUT2D eigenvalue weighted by atomic mass is 19.1. The van der Waals surface area contributed by atoms with E-state index in [1.165, 1.54) is 25.6 Å². The fourth-order valence-corrected chi connectivity index (χ4v) is 3.22. The van der Waals surface area contributed by atoms with Crippen molar-refractivity contribution in [1.82, 2.24) is 10.2 Å². The Morgan fingerprint density at radius 2 is 2.14 bits per heavy atom. The SMILES string of the molecule is CCNC(CCN1CCC(C)C(C)C1)c1cccc(F)c1. The van der Waals surface area contributed by atoms with Crippen molar-refractivity contribution in [1.29, 1.82) is 0 Å². The van der Waals surface area contributed by atoms with Crippen LogP contribution in [0.2, 0.25) is 0 Å². The van der Waals surface area contributed by atoms with Crippen molar-refractivity contribution in [3.63, 3.8) is 0 Å². The summed E-state index contributed by atoms with van der Waals surface area (Å²) in [6, 6.07) is 7.26. The average molecular weight is 292 g/mol. The van der Waals surface area contributed by atoms with Crippen molar-refractivity contribution in [2.45, 2.75) is 39.7 Å². The minimum absolute atomic E-state index is 0.143. The predicted molar refractivity (Wildman–Crippen MR) is 86.8 cm³/mol. The number of piperidine rings is 1. The molecule has 21 heavy (non-hydrogen) atoms. The quantitative estimate of drug-likeness (QED) is 0.857. The summed E-state index contributed by atoms with van der Waals surface area (Å²) < 4.78 is 13.4. The van der Waals surface area contributed by atoms with E-state index >= 15 is 0 Å². The van der Waals surface area contributed by atoms with Crippen LogP contribution in [0.15, 0.2) is 24.3 Å². The second-order valence-electron chi connectivity index (χ2n) is 6.50. The molecule has 0 aliphatic carbocycles. The third kappa shape index (κ3) is 4.79. The number of nitrogens with one attached hydrogen (secondary N) is 1. The number of likely N-dealkylation sites (tertiary alicyclic amines) is 1. The van der Waals surface area contributed by atoms with Gasteiger partial charge < -0.3 is 10.2 Å². The van der Waals surface area contributed by atoms with Crippen LogP contribution in [0.3, 0.4) is 0 Å². The maximum absolute atomic E-state index is 13.4. The molecule has 0 spiro atoms. The molecule has 3 heteroatoms. The zero-order valence-electron chi connectivity index (χ0n) is 13.6. The van der Waals surface area contributed by atoms with Gasteiger partial charge in [-0.2, -0.15) is 0 Å². The monoisotopic (exact) mass is 292 g/mol. The molecule has 1 heterocycles. The molecule has 1 aliphatic heterocycles.